The first-order valence-corrected chi connectivity index (χ1v) is 8.84. The van der Waals surface area contributed by atoms with Crippen LogP contribution in [0.3, 0.4) is 0 Å². The van der Waals surface area contributed by atoms with Crippen LogP contribution < -0.4 is 9.47 Å². The molecule has 138 valence electrons. The fourth-order valence-corrected chi connectivity index (χ4v) is 4.19. The van der Waals surface area contributed by atoms with Gasteiger partial charge in [0.1, 0.15) is 11.5 Å². The van der Waals surface area contributed by atoms with Crippen molar-refractivity contribution in [3.63, 3.8) is 0 Å². The molecular formula is C22H20O5. The van der Waals surface area contributed by atoms with Crippen molar-refractivity contribution in [2.24, 2.45) is 0 Å². The summed E-state index contributed by atoms with van der Waals surface area (Å²) in [4.78, 5) is 26.5. The number of rotatable bonds is 2. The van der Waals surface area contributed by atoms with Gasteiger partial charge in [-0.1, -0.05) is 35.9 Å². The Morgan fingerprint density at radius 1 is 1.00 bits per heavy atom. The fraction of sp³-hybridized carbons (Fsp3) is 0.273. The maximum Gasteiger partial charge on any atom is 0.198 e. The molecule has 4 rings (SSSR count). The van der Waals surface area contributed by atoms with Crippen LogP contribution in [0.15, 0.2) is 35.9 Å². The van der Waals surface area contributed by atoms with E-state index in [1.54, 1.807) is 24.3 Å². The zero-order valence-corrected chi connectivity index (χ0v) is 15.5. The van der Waals surface area contributed by atoms with Crippen LogP contribution in [0.4, 0.5) is 0 Å². The molecule has 1 atom stereocenters. The van der Waals surface area contributed by atoms with Crippen LogP contribution in [0, 0.1) is 0 Å². The highest BCUT2D eigenvalue weighted by atomic mass is 16.5. The fourth-order valence-electron chi connectivity index (χ4n) is 4.19. The third-order valence-electron chi connectivity index (χ3n) is 5.43. The summed E-state index contributed by atoms with van der Waals surface area (Å²) in [6, 6.07) is 6.75. The number of methoxy groups -OCH3 is 2. The molecule has 5 heteroatoms. The summed E-state index contributed by atoms with van der Waals surface area (Å²) >= 11 is 0. The average molecular weight is 364 g/mol. The Labute approximate surface area is 157 Å². The van der Waals surface area contributed by atoms with Gasteiger partial charge in [0.25, 0.3) is 0 Å². The van der Waals surface area contributed by atoms with Crippen molar-refractivity contribution in [3.05, 3.63) is 69.3 Å². The lowest BCUT2D eigenvalue weighted by molar-refractivity contribution is 0.0971. The molecule has 0 aliphatic heterocycles. The van der Waals surface area contributed by atoms with Gasteiger partial charge >= 0.3 is 0 Å². The Morgan fingerprint density at radius 3 is 2.07 bits per heavy atom. The third kappa shape index (κ3) is 2.35. The smallest absolute Gasteiger partial charge is 0.198 e. The van der Waals surface area contributed by atoms with E-state index in [9.17, 15) is 14.7 Å². The minimum absolute atomic E-state index is 0.180. The molecule has 2 aliphatic rings. The number of benzene rings is 2. The van der Waals surface area contributed by atoms with E-state index in [2.05, 4.69) is 0 Å². The van der Waals surface area contributed by atoms with E-state index >= 15 is 0 Å². The van der Waals surface area contributed by atoms with Crippen LogP contribution in [0.2, 0.25) is 0 Å². The van der Waals surface area contributed by atoms with Crippen molar-refractivity contribution in [1.82, 2.24) is 0 Å². The number of allylic oxidation sites excluding steroid dienone is 1. The van der Waals surface area contributed by atoms with E-state index in [1.165, 1.54) is 14.2 Å². The van der Waals surface area contributed by atoms with Gasteiger partial charge in [0.15, 0.2) is 11.6 Å². The number of hydrogen-bond acceptors (Lipinski definition) is 5. The molecule has 2 aromatic rings. The number of aliphatic hydroxyl groups excluding tert-OH is 1. The van der Waals surface area contributed by atoms with Gasteiger partial charge in [-0.3, -0.25) is 9.59 Å². The second-order valence-corrected chi connectivity index (χ2v) is 6.76. The van der Waals surface area contributed by atoms with Gasteiger partial charge in [-0.2, -0.15) is 0 Å². The number of carbonyl (C=O) groups is 2. The van der Waals surface area contributed by atoms with Crippen molar-refractivity contribution < 1.29 is 24.2 Å². The summed E-state index contributed by atoms with van der Waals surface area (Å²) in [5, 5.41) is 10.8. The van der Waals surface area contributed by atoms with Crippen LogP contribution in [0.25, 0.3) is 0 Å². The summed E-state index contributed by atoms with van der Waals surface area (Å²) in [6.07, 6.45) is 2.13. The summed E-state index contributed by atoms with van der Waals surface area (Å²) < 4.78 is 11.2. The Balaban J connectivity index is 2.12. The molecule has 0 amide bonds. The first-order chi connectivity index (χ1) is 13.0. The molecule has 0 unspecified atom stereocenters. The molecule has 1 N–H and O–H groups in total. The molecular weight excluding hydrogens is 344 g/mol. The summed E-state index contributed by atoms with van der Waals surface area (Å²) in [6.45, 7) is 1.92. The molecule has 0 aromatic heterocycles. The Morgan fingerprint density at radius 2 is 1.56 bits per heavy atom. The maximum atomic E-state index is 13.3. The molecule has 2 aromatic carbocycles. The Hall–Kier alpha value is -2.92. The van der Waals surface area contributed by atoms with Gasteiger partial charge in [-0.25, -0.2) is 0 Å². The predicted molar refractivity (Wildman–Crippen MR) is 99.9 cm³/mol. The standard InChI is InChI=1S/C22H20O5/c1-4-11-9-14-16(15(23)10-11)22(27-3)18-17(21(14)26-2)19(24)12-7-5-6-8-13(12)20(18)25/h4-8,15,23H,9-10H2,1-3H3/b11-4-/t15-/m0/s1. The Bertz CT molecular complexity index is 1020. The molecule has 0 bridgehead atoms. The lowest BCUT2D eigenvalue weighted by Crippen LogP contribution is -2.26. The van der Waals surface area contributed by atoms with Gasteiger partial charge in [0.2, 0.25) is 0 Å². The number of hydrogen-bond donors (Lipinski definition) is 1. The van der Waals surface area contributed by atoms with E-state index in [4.69, 9.17) is 9.47 Å². The molecule has 2 aliphatic carbocycles. The minimum Gasteiger partial charge on any atom is -0.496 e. The minimum atomic E-state index is -0.825. The zero-order valence-electron chi connectivity index (χ0n) is 15.5. The lowest BCUT2D eigenvalue weighted by Gasteiger charge is -2.31. The van der Waals surface area contributed by atoms with Gasteiger partial charge in [-0.05, 0) is 19.8 Å². The molecule has 5 nitrogen and oxygen atoms in total. The Kier molecular flexibility index (Phi) is 4.12. The van der Waals surface area contributed by atoms with Gasteiger partial charge in [0, 0.05) is 22.3 Å². The average Bonchev–Trinajstić information content (AvgIpc) is 2.69. The molecule has 0 saturated carbocycles. The van der Waals surface area contributed by atoms with Crippen molar-refractivity contribution >= 4 is 11.6 Å². The first kappa shape index (κ1) is 17.5. The molecule has 0 radical (unpaired) electrons. The van der Waals surface area contributed by atoms with Crippen LogP contribution >= 0.6 is 0 Å². The van der Waals surface area contributed by atoms with Gasteiger partial charge < -0.3 is 14.6 Å². The summed E-state index contributed by atoms with van der Waals surface area (Å²) in [5.74, 6) is 0.0745. The van der Waals surface area contributed by atoms with Crippen molar-refractivity contribution in [2.45, 2.75) is 25.9 Å². The van der Waals surface area contributed by atoms with Crippen LogP contribution in [0.5, 0.6) is 11.5 Å². The van der Waals surface area contributed by atoms with Crippen molar-refractivity contribution in [2.75, 3.05) is 14.2 Å². The molecule has 0 spiro atoms. The predicted octanol–water partition coefficient (Wildman–Crippen LogP) is 3.41. The molecule has 0 fully saturated rings. The highest BCUT2D eigenvalue weighted by Crippen LogP contribution is 2.49. The van der Waals surface area contributed by atoms with Crippen LogP contribution in [0.1, 0.15) is 62.4 Å². The third-order valence-corrected chi connectivity index (χ3v) is 5.43. The number of aliphatic hydroxyl groups is 1. The quantitative estimate of drug-likeness (QED) is 0.706. The normalized spacial score (nSPS) is 19.4. The second kappa shape index (κ2) is 6.35. The van der Waals surface area contributed by atoms with Crippen LogP contribution in [-0.2, 0) is 6.42 Å². The number of ketones is 2. The largest absolute Gasteiger partial charge is 0.496 e. The number of ether oxygens (including phenoxy) is 2. The second-order valence-electron chi connectivity index (χ2n) is 6.76. The van der Waals surface area contributed by atoms with Gasteiger partial charge in [0.05, 0.1) is 31.5 Å². The highest BCUT2D eigenvalue weighted by molar-refractivity contribution is 6.30. The van der Waals surface area contributed by atoms with Crippen molar-refractivity contribution in [1.29, 1.82) is 0 Å². The zero-order chi connectivity index (χ0) is 19.3. The molecule has 0 heterocycles. The van der Waals surface area contributed by atoms with E-state index in [-0.39, 0.29) is 28.4 Å². The monoisotopic (exact) mass is 364 g/mol. The summed E-state index contributed by atoms with van der Waals surface area (Å²) in [7, 11) is 2.94. The molecule has 27 heavy (non-hydrogen) atoms. The topological polar surface area (TPSA) is 72.8 Å². The van der Waals surface area contributed by atoms with Crippen LogP contribution in [-0.4, -0.2) is 30.9 Å². The maximum absolute atomic E-state index is 13.3. The van der Waals surface area contributed by atoms with E-state index < -0.39 is 6.10 Å². The molecule has 0 saturated heterocycles. The lowest BCUT2D eigenvalue weighted by atomic mass is 9.76. The van der Waals surface area contributed by atoms with Gasteiger partial charge in [-0.15, -0.1) is 0 Å². The van der Waals surface area contributed by atoms with E-state index in [0.717, 1.165) is 5.57 Å². The number of carbonyl (C=O) groups excluding carboxylic acids is 2. The van der Waals surface area contributed by atoms with Crippen molar-refractivity contribution in [3.8, 4) is 11.5 Å². The first-order valence-electron chi connectivity index (χ1n) is 8.84. The SMILES string of the molecule is C/C=C1/Cc2c(OC)c3c(c(OC)c2[C@@H](O)C1)C(=O)c1ccccc1C3=O. The summed E-state index contributed by atoms with van der Waals surface area (Å²) in [5.41, 5.74) is 3.40. The highest BCUT2D eigenvalue weighted by Gasteiger charge is 2.41. The number of fused-ring (bicyclic) bond motifs is 3. The van der Waals surface area contributed by atoms with E-state index in [1.807, 2.05) is 13.0 Å². The van der Waals surface area contributed by atoms with E-state index in [0.29, 0.717) is 40.8 Å².